The zero-order valence-electron chi connectivity index (χ0n) is 11.2. The number of hydrogen-bond donors (Lipinski definition) is 1. The lowest BCUT2D eigenvalue weighted by Crippen LogP contribution is -2.38. The largest absolute Gasteiger partial charge is 0.383 e. The molecule has 0 bridgehead atoms. The molecule has 0 saturated heterocycles. The quantitative estimate of drug-likeness (QED) is 0.510. The normalized spacial score (nSPS) is 10.8. The number of nitrogens with one attached hydrogen (secondary N) is 1. The molecule has 20 heavy (non-hydrogen) atoms. The molecule has 0 aliphatic rings. The highest BCUT2D eigenvalue weighted by atomic mass is 79.9. The van der Waals surface area contributed by atoms with Gasteiger partial charge in [0.15, 0.2) is 5.78 Å². The molecule has 0 aromatic carbocycles. The zero-order valence-corrected chi connectivity index (χ0v) is 15.2. The Kier molecular flexibility index (Phi) is 7.90. The molecule has 0 radical (unpaired) electrons. The van der Waals surface area contributed by atoms with E-state index in [1.54, 1.807) is 25.1 Å². The van der Waals surface area contributed by atoms with Gasteiger partial charge >= 0.3 is 0 Å². The molecule has 1 aromatic rings. The van der Waals surface area contributed by atoms with Crippen molar-refractivity contribution in [1.29, 1.82) is 0 Å². The third kappa shape index (κ3) is 6.01. The van der Waals surface area contributed by atoms with Crippen molar-refractivity contribution in [2.75, 3.05) is 40.4 Å². The average Bonchev–Trinajstić information content (AvgIpc) is 2.68. The van der Waals surface area contributed by atoms with Gasteiger partial charge in [0.25, 0.3) is 0 Å². The lowest BCUT2D eigenvalue weighted by Gasteiger charge is -2.15. The molecule has 1 rings (SSSR count). The summed E-state index contributed by atoms with van der Waals surface area (Å²) < 4.78 is 6.54. The van der Waals surface area contributed by atoms with Gasteiger partial charge in [0.1, 0.15) is 0 Å². The standard InChI is InChI=1S/C12H16Br2N2O3S/c1-16(7-11(18)15-3-4-19-2)6-9(17)8-5-10(13)20-12(8)14/h5H,3-4,6-7H2,1-2H3,(H,15,18). The fourth-order valence-electron chi connectivity index (χ4n) is 1.51. The van der Waals surface area contributed by atoms with E-state index in [-0.39, 0.29) is 24.8 Å². The third-order valence-electron chi connectivity index (χ3n) is 2.41. The second-order valence-electron chi connectivity index (χ2n) is 4.18. The second-order valence-corrected chi connectivity index (χ2v) is 7.93. The van der Waals surface area contributed by atoms with Crippen LogP contribution in [0, 0.1) is 0 Å². The first-order chi connectivity index (χ1) is 9.43. The Morgan fingerprint density at radius 2 is 2.10 bits per heavy atom. The Hall–Kier alpha value is -0.280. The van der Waals surface area contributed by atoms with Gasteiger partial charge in [-0.1, -0.05) is 0 Å². The molecular weight excluding hydrogens is 412 g/mol. The summed E-state index contributed by atoms with van der Waals surface area (Å²) in [6.45, 7) is 1.32. The van der Waals surface area contributed by atoms with E-state index < -0.39 is 0 Å². The molecule has 1 N–H and O–H groups in total. The van der Waals surface area contributed by atoms with Crippen LogP contribution in [0.5, 0.6) is 0 Å². The summed E-state index contributed by atoms with van der Waals surface area (Å²) in [5.74, 6) is -0.145. The van der Waals surface area contributed by atoms with Crippen molar-refractivity contribution in [3.8, 4) is 0 Å². The number of carbonyl (C=O) groups is 2. The molecule has 0 atom stereocenters. The van der Waals surface area contributed by atoms with Crippen LogP contribution in [0.4, 0.5) is 0 Å². The molecular formula is C12H16Br2N2O3S. The topological polar surface area (TPSA) is 58.6 Å². The van der Waals surface area contributed by atoms with E-state index in [0.717, 1.165) is 7.57 Å². The lowest BCUT2D eigenvalue weighted by atomic mass is 10.2. The van der Waals surface area contributed by atoms with Gasteiger partial charge in [-0.3, -0.25) is 14.5 Å². The molecule has 0 unspecified atom stereocenters. The molecule has 1 amide bonds. The van der Waals surface area contributed by atoms with Gasteiger partial charge in [-0.25, -0.2) is 0 Å². The number of thiophene rings is 1. The van der Waals surface area contributed by atoms with Gasteiger partial charge in [0.2, 0.25) is 5.91 Å². The smallest absolute Gasteiger partial charge is 0.234 e. The number of rotatable bonds is 8. The van der Waals surface area contributed by atoms with E-state index in [0.29, 0.717) is 18.7 Å². The number of carbonyl (C=O) groups excluding carboxylic acids is 2. The van der Waals surface area contributed by atoms with Crippen LogP contribution in [0.15, 0.2) is 13.6 Å². The number of ketones is 1. The summed E-state index contributed by atoms with van der Waals surface area (Å²) >= 11 is 8.15. The van der Waals surface area contributed by atoms with Gasteiger partial charge in [-0.2, -0.15) is 0 Å². The first kappa shape index (κ1) is 17.8. The maximum atomic E-state index is 12.1. The summed E-state index contributed by atoms with van der Waals surface area (Å²) in [6, 6.07) is 1.78. The molecule has 0 fully saturated rings. The predicted octanol–water partition coefficient (Wildman–Crippen LogP) is 2.15. The van der Waals surface area contributed by atoms with E-state index in [2.05, 4.69) is 37.2 Å². The number of nitrogens with zero attached hydrogens (tertiary/aromatic N) is 1. The number of halogens is 2. The van der Waals surface area contributed by atoms with Gasteiger partial charge in [-0.05, 0) is 45.0 Å². The van der Waals surface area contributed by atoms with Gasteiger partial charge in [-0.15, -0.1) is 11.3 Å². The van der Waals surface area contributed by atoms with E-state index >= 15 is 0 Å². The number of likely N-dealkylation sites (N-methyl/N-ethyl adjacent to an activating group) is 1. The summed E-state index contributed by atoms with van der Waals surface area (Å²) in [4.78, 5) is 25.4. The number of Topliss-reactive ketones (excluding diaryl/α,β-unsaturated/α-hetero) is 1. The summed E-state index contributed by atoms with van der Waals surface area (Å²) in [5, 5.41) is 2.71. The van der Waals surface area contributed by atoms with Gasteiger partial charge < -0.3 is 10.1 Å². The van der Waals surface area contributed by atoms with E-state index in [9.17, 15) is 9.59 Å². The average molecular weight is 428 g/mol. The first-order valence-corrected chi connectivity index (χ1v) is 8.26. The van der Waals surface area contributed by atoms with Gasteiger partial charge in [0.05, 0.1) is 27.3 Å². The van der Waals surface area contributed by atoms with Crippen molar-refractivity contribution in [2.45, 2.75) is 0 Å². The predicted molar refractivity (Wildman–Crippen MR) is 86.4 cm³/mol. The van der Waals surface area contributed by atoms with Crippen molar-refractivity contribution < 1.29 is 14.3 Å². The molecule has 0 saturated carbocycles. The van der Waals surface area contributed by atoms with Crippen molar-refractivity contribution >= 4 is 54.9 Å². The Morgan fingerprint density at radius 1 is 1.40 bits per heavy atom. The maximum absolute atomic E-state index is 12.1. The minimum atomic E-state index is -0.122. The highest BCUT2D eigenvalue weighted by Gasteiger charge is 2.16. The molecule has 8 heteroatoms. The van der Waals surface area contributed by atoms with E-state index in [1.165, 1.54) is 11.3 Å². The van der Waals surface area contributed by atoms with E-state index in [1.807, 2.05) is 0 Å². The summed E-state index contributed by atoms with van der Waals surface area (Å²) in [5.41, 5.74) is 0.633. The van der Waals surface area contributed by atoms with Crippen LogP contribution >= 0.6 is 43.2 Å². The first-order valence-electron chi connectivity index (χ1n) is 5.86. The summed E-state index contributed by atoms with van der Waals surface area (Å²) in [7, 11) is 3.32. The van der Waals surface area contributed by atoms with Crippen molar-refractivity contribution in [2.24, 2.45) is 0 Å². The third-order valence-corrected chi connectivity index (χ3v) is 4.75. The number of ether oxygens (including phenoxy) is 1. The number of amides is 1. The number of hydrogen-bond acceptors (Lipinski definition) is 5. The zero-order chi connectivity index (χ0) is 15.1. The van der Waals surface area contributed by atoms with Crippen LogP contribution < -0.4 is 5.32 Å². The van der Waals surface area contributed by atoms with Crippen LogP contribution in [0.1, 0.15) is 10.4 Å². The van der Waals surface area contributed by atoms with Crippen molar-refractivity contribution in [3.05, 3.63) is 19.2 Å². The Labute approximate surface area is 138 Å². The molecule has 0 aliphatic carbocycles. The highest BCUT2D eigenvalue weighted by Crippen LogP contribution is 2.32. The minimum Gasteiger partial charge on any atom is -0.383 e. The monoisotopic (exact) mass is 426 g/mol. The summed E-state index contributed by atoms with van der Waals surface area (Å²) in [6.07, 6.45) is 0. The SMILES string of the molecule is COCCNC(=O)CN(C)CC(=O)c1cc(Br)sc1Br. The molecule has 112 valence electrons. The van der Waals surface area contributed by atoms with Gasteiger partial charge in [0, 0.05) is 19.2 Å². The highest BCUT2D eigenvalue weighted by molar-refractivity contribution is 9.12. The minimum absolute atomic E-state index is 0.0222. The number of methoxy groups -OCH3 is 1. The fraction of sp³-hybridized carbons (Fsp3) is 0.500. The van der Waals surface area contributed by atoms with Crippen LogP contribution in [-0.2, 0) is 9.53 Å². The van der Waals surface area contributed by atoms with Crippen LogP contribution in [0.25, 0.3) is 0 Å². The molecule has 0 aliphatic heterocycles. The molecule has 0 spiro atoms. The molecule has 1 aromatic heterocycles. The molecule has 5 nitrogen and oxygen atoms in total. The Balaban J connectivity index is 2.42. The Bertz CT molecular complexity index is 479. The fourth-order valence-corrected chi connectivity index (χ4v) is 4.37. The second kappa shape index (κ2) is 8.89. The van der Waals surface area contributed by atoms with Crippen LogP contribution in [-0.4, -0.2) is 57.0 Å². The molecule has 1 heterocycles. The van der Waals surface area contributed by atoms with Crippen molar-refractivity contribution in [1.82, 2.24) is 10.2 Å². The lowest BCUT2D eigenvalue weighted by molar-refractivity contribution is -0.122. The Morgan fingerprint density at radius 3 is 2.65 bits per heavy atom. The van der Waals surface area contributed by atoms with Crippen LogP contribution in [0.2, 0.25) is 0 Å². The maximum Gasteiger partial charge on any atom is 0.234 e. The van der Waals surface area contributed by atoms with E-state index in [4.69, 9.17) is 4.74 Å². The van der Waals surface area contributed by atoms with Crippen molar-refractivity contribution in [3.63, 3.8) is 0 Å². The van der Waals surface area contributed by atoms with Crippen LogP contribution in [0.3, 0.4) is 0 Å².